The molecular formula is C26H34N6OS. The number of aromatic nitrogens is 3. The van der Waals surface area contributed by atoms with Gasteiger partial charge < -0.3 is 9.64 Å². The first-order valence-electron chi connectivity index (χ1n) is 12.2. The first kappa shape index (κ1) is 23.2. The monoisotopic (exact) mass is 478 g/mol. The Morgan fingerprint density at radius 2 is 1.62 bits per heavy atom. The maximum absolute atomic E-state index is 5.98. The number of anilines is 1. The van der Waals surface area contributed by atoms with Gasteiger partial charge in [0.15, 0.2) is 0 Å². The van der Waals surface area contributed by atoms with Crippen LogP contribution in [0.15, 0.2) is 48.5 Å². The number of aryl methyl sites for hydroxylation is 2. The molecule has 2 aliphatic heterocycles. The van der Waals surface area contributed by atoms with E-state index in [1.165, 1.54) is 16.7 Å². The van der Waals surface area contributed by atoms with Gasteiger partial charge in [0, 0.05) is 45.8 Å². The molecular weight excluding hydrogens is 444 g/mol. The Bertz CT molecular complexity index is 1170. The van der Waals surface area contributed by atoms with Crippen LogP contribution >= 0.6 is 12.2 Å². The summed E-state index contributed by atoms with van der Waals surface area (Å²) in [6, 6.07) is 17.2. The van der Waals surface area contributed by atoms with E-state index in [0.717, 1.165) is 75.4 Å². The van der Waals surface area contributed by atoms with Gasteiger partial charge in [0.05, 0.1) is 25.6 Å². The molecule has 8 heteroatoms. The largest absolute Gasteiger partial charge is 0.378 e. The van der Waals surface area contributed by atoms with Crippen molar-refractivity contribution in [1.82, 2.24) is 24.1 Å². The molecule has 5 rings (SSSR count). The zero-order valence-corrected chi connectivity index (χ0v) is 21.0. The maximum atomic E-state index is 5.98. The van der Waals surface area contributed by atoms with E-state index in [2.05, 4.69) is 81.6 Å². The Balaban J connectivity index is 1.32. The number of para-hydroxylation sites is 1. The van der Waals surface area contributed by atoms with Crippen molar-refractivity contribution in [3.8, 4) is 5.69 Å². The van der Waals surface area contributed by atoms with Crippen LogP contribution in [0.1, 0.15) is 16.7 Å². The first-order valence-corrected chi connectivity index (χ1v) is 12.6. The number of ether oxygens (including phenoxy) is 1. The molecule has 0 bridgehead atoms. The lowest BCUT2D eigenvalue weighted by Gasteiger charge is -2.34. The average molecular weight is 479 g/mol. The number of morpholine rings is 1. The molecule has 0 radical (unpaired) electrons. The van der Waals surface area contributed by atoms with E-state index in [4.69, 9.17) is 22.1 Å². The standard InChI is InChI=1S/C26H34N6OS/c1-21-6-5-8-23(18-21)19-28-10-12-29(13-11-28)20-31-26(34)32(24-9-4-3-7-22(24)2)25(27-31)30-14-16-33-17-15-30/h3-9,18H,10-17,19-20H2,1-2H3. The van der Waals surface area contributed by atoms with Gasteiger partial charge in [0.2, 0.25) is 10.7 Å². The highest BCUT2D eigenvalue weighted by Gasteiger charge is 2.24. The number of benzene rings is 2. The van der Waals surface area contributed by atoms with Crippen LogP contribution in [0.2, 0.25) is 0 Å². The number of nitrogens with zero attached hydrogens (tertiary/aromatic N) is 6. The minimum atomic E-state index is 0.716. The second-order valence-electron chi connectivity index (χ2n) is 9.33. The van der Waals surface area contributed by atoms with Crippen LogP contribution in [0.25, 0.3) is 5.69 Å². The fraction of sp³-hybridized carbons (Fsp3) is 0.462. The van der Waals surface area contributed by atoms with Gasteiger partial charge in [-0.05, 0) is 43.3 Å². The number of hydrogen-bond acceptors (Lipinski definition) is 6. The van der Waals surface area contributed by atoms with E-state index in [1.807, 2.05) is 4.68 Å². The van der Waals surface area contributed by atoms with Crippen molar-refractivity contribution in [2.75, 3.05) is 57.4 Å². The fourth-order valence-electron chi connectivity index (χ4n) is 4.83. The van der Waals surface area contributed by atoms with Crippen molar-refractivity contribution in [1.29, 1.82) is 0 Å². The van der Waals surface area contributed by atoms with E-state index in [9.17, 15) is 0 Å². The van der Waals surface area contributed by atoms with Crippen LogP contribution in [0, 0.1) is 18.6 Å². The van der Waals surface area contributed by atoms with E-state index in [-0.39, 0.29) is 0 Å². The molecule has 34 heavy (non-hydrogen) atoms. The molecule has 0 saturated carbocycles. The highest BCUT2D eigenvalue weighted by Crippen LogP contribution is 2.24. The van der Waals surface area contributed by atoms with Gasteiger partial charge in [-0.2, -0.15) is 0 Å². The quantitative estimate of drug-likeness (QED) is 0.504. The summed E-state index contributed by atoms with van der Waals surface area (Å²) >= 11 is 5.98. The Labute approximate surface area is 207 Å². The summed E-state index contributed by atoms with van der Waals surface area (Å²) in [5.74, 6) is 0.917. The molecule has 2 aliphatic rings. The second kappa shape index (κ2) is 10.4. The van der Waals surface area contributed by atoms with Crippen LogP contribution in [0.5, 0.6) is 0 Å². The molecule has 0 unspecified atom stereocenters. The molecule has 0 N–H and O–H groups in total. The Kier molecular flexibility index (Phi) is 7.10. The molecule has 2 fully saturated rings. The lowest BCUT2D eigenvalue weighted by atomic mass is 10.1. The number of hydrogen-bond donors (Lipinski definition) is 0. The van der Waals surface area contributed by atoms with Crippen LogP contribution in [-0.4, -0.2) is 76.6 Å². The van der Waals surface area contributed by atoms with Crippen molar-refractivity contribution in [3.63, 3.8) is 0 Å². The topological polar surface area (TPSA) is 41.7 Å². The third kappa shape index (κ3) is 5.10. The molecule has 180 valence electrons. The molecule has 0 spiro atoms. The van der Waals surface area contributed by atoms with Gasteiger partial charge in [0.1, 0.15) is 0 Å². The second-order valence-corrected chi connectivity index (χ2v) is 9.69. The lowest BCUT2D eigenvalue weighted by Crippen LogP contribution is -2.46. The Hall–Kier alpha value is -2.52. The van der Waals surface area contributed by atoms with Crippen molar-refractivity contribution in [2.45, 2.75) is 27.1 Å². The maximum Gasteiger partial charge on any atom is 0.230 e. The zero-order chi connectivity index (χ0) is 23.5. The van der Waals surface area contributed by atoms with Crippen molar-refractivity contribution < 1.29 is 4.74 Å². The summed E-state index contributed by atoms with van der Waals surface area (Å²) in [6.07, 6.45) is 0. The average Bonchev–Trinajstić information content (AvgIpc) is 3.17. The molecule has 7 nitrogen and oxygen atoms in total. The number of rotatable bonds is 6. The van der Waals surface area contributed by atoms with Crippen molar-refractivity contribution in [2.24, 2.45) is 0 Å². The van der Waals surface area contributed by atoms with Gasteiger partial charge in [-0.3, -0.25) is 14.4 Å². The van der Waals surface area contributed by atoms with Crippen LogP contribution in [-0.2, 0) is 18.0 Å². The summed E-state index contributed by atoms with van der Waals surface area (Å²) in [6.45, 7) is 13.2. The van der Waals surface area contributed by atoms with Crippen LogP contribution in [0.3, 0.4) is 0 Å². The molecule has 2 aromatic carbocycles. The lowest BCUT2D eigenvalue weighted by molar-refractivity contribution is 0.0979. The molecule has 1 aromatic heterocycles. The minimum absolute atomic E-state index is 0.716. The smallest absolute Gasteiger partial charge is 0.230 e. The molecule has 2 saturated heterocycles. The number of piperazine rings is 1. The van der Waals surface area contributed by atoms with Gasteiger partial charge >= 0.3 is 0 Å². The van der Waals surface area contributed by atoms with Crippen LogP contribution < -0.4 is 4.90 Å². The summed E-state index contributed by atoms with van der Waals surface area (Å²) in [5.41, 5.74) is 5.01. The molecule has 0 amide bonds. The van der Waals surface area contributed by atoms with Gasteiger partial charge in [-0.15, -0.1) is 5.10 Å². The third-order valence-electron chi connectivity index (χ3n) is 6.76. The zero-order valence-electron chi connectivity index (χ0n) is 20.2. The molecule has 0 atom stereocenters. The molecule has 3 heterocycles. The van der Waals surface area contributed by atoms with E-state index in [1.54, 1.807) is 0 Å². The summed E-state index contributed by atoms with van der Waals surface area (Å²) in [5, 5.41) is 5.03. The Morgan fingerprint density at radius 1 is 0.882 bits per heavy atom. The predicted molar refractivity (Wildman–Crippen MR) is 138 cm³/mol. The highest BCUT2D eigenvalue weighted by molar-refractivity contribution is 7.71. The van der Waals surface area contributed by atoms with Crippen molar-refractivity contribution in [3.05, 3.63) is 70.0 Å². The van der Waals surface area contributed by atoms with Crippen LogP contribution in [0.4, 0.5) is 5.95 Å². The van der Waals surface area contributed by atoms with Gasteiger partial charge in [0.25, 0.3) is 0 Å². The van der Waals surface area contributed by atoms with E-state index in [0.29, 0.717) is 6.67 Å². The highest BCUT2D eigenvalue weighted by atomic mass is 32.1. The molecule has 0 aliphatic carbocycles. The van der Waals surface area contributed by atoms with Gasteiger partial charge in [-0.25, -0.2) is 4.68 Å². The predicted octanol–water partition coefficient (Wildman–Crippen LogP) is 3.63. The fourth-order valence-corrected chi connectivity index (χ4v) is 5.11. The third-order valence-corrected chi connectivity index (χ3v) is 7.15. The van der Waals surface area contributed by atoms with E-state index < -0.39 is 0 Å². The summed E-state index contributed by atoms with van der Waals surface area (Å²) in [7, 11) is 0. The SMILES string of the molecule is Cc1cccc(CN2CCN(Cn3nc(N4CCOCC4)n(-c4ccccc4C)c3=S)CC2)c1. The Morgan fingerprint density at radius 3 is 2.35 bits per heavy atom. The van der Waals surface area contributed by atoms with E-state index >= 15 is 0 Å². The van der Waals surface area contributed by atoms with Crippen molar-refractivity contribution >= 4 is 18.2 Å². The summed E-state index contributed by atoms with van der Waals surface area (Å²) in [4.78, 5) is 7.29. The summed E-state index contributed by atoms with van der Waals surface area (Å²) < 4.78 is 10.5. The minimum Gasteiger partial charge on any atom is -0.378 e. The first-order chi connectivity index (χ1) is 16.6. The molecule has 3 aromatic rings. The normalized spacial score (nSPS) is 17.9. The van der Waals surface area contributed by atoms with Gasteiger partial charge in [-0.1, -0.05) is 48.0 Å².